The van der Waals surface area contributed by atoms with Crippen LogP contribution in [0.5, 0.6) is 0 Å². The third-order valence-electron chi connectivity index (χ3n) is 3.83. The summed E-state index contributed by atoms with van der Waals surface area (Å²) in [6.45, 7) is 6.78. The fourth-order valence-electron chi connectivity index (χ4n) is 2.73. The fraction of sp³-hybridized carbons (Fsp3) is 0.714. The lowest BCUT2D eigenvalue weighted by Crippen LogP contribution is -2.44. The number of nitrogens with zero attached hydrogens (tertiary/aromatic N) is 3. The van der Waals surface area contributed by atoms with Crippen LogP contribution in [0, 0.1) is 5.92 Å². The first-order chi connectivity index (χ1) is 9.74. The van der Waals surface area contributed by atoms with Gasteiger partial charge in [0.15, 0.2) is 0 Å². The first-order valence-corrected chi connectivity index (χ1v) is 7.44. The van der Waals surface area contributed by atoms with Crippen LogP contribution in [0.2, 0.25) is 0 Å². The number of rotatable bonds is 6. The van der Waals surface area contributed by atoms with Gasteiger partial charge in [0.25, 0.3) is 0 Å². The molecular formula is C14H25N5O. The lowest BCUT2D eigenvalue weighted by atomic mass is 9.97. The topological polar surface area (TPSA) is 76.2 Å². The van der Waals surface area contributed by atoms with Gasteiger partial charge in [-0.1, -0.05) is 0 Å². The molecular weight excluding hydrogens is 254 g/mol. The Hall–Kier alpha value is -1.40. The standard InChI is InChI=1S/C14H25N5O/c1-2-19-9-7-16-13(19)11-18-8-3-4-12(10-18)14(20)17-6-5-15/h7,9,12H,2-6,8,10-11,15H2,1H3,(H,17,20). The Labute approximate surface area is 120 Å². The van der Waals surface area contributed by atoms with Crippen molar-refractivity contribution in [2.45, 2.75) is 32.9 Å². The van der Waals surface area contributed by atoms with Crippen LogP contribution in [0.25, 0.3) is 0 Å². The highest BCUT2D eigenvalue weighted by molar-refractivity contribution is 5.78. The smallest absolute Gasteiger partial charge is 0.224 e. The molecule has 112 valence electrons. The summed E-state index contributed by atoms with van der Waals surface area (Å²) in [5.74, 6) is 1.30. The Morgan fingerprint density at radius 2 is 2.45 bits per heavy atom. The molecule has 0 saturated carbocycles. The highest BCUT2D eigenvalue weighted by Gasteiger charge is 2.26. The van der Waals surface area contributed by atoms with E-state index in [0.29, 0.717) is 13.1 Å². The molecule has 0 aromatic carbocycles. The van der Waals surface area contributed by atoms with E-state index >= 15 is 0 Å². The summed E-state index contributed by atoms with van der Waals surface area (Å²) in [5.41, 5.74) is 5.42. The lowest BCUT2D eigenvalue weighted by molar-refractivity contribution is -0.126. The highest BCUT2D eigenvalue weighted by Crippen LogP contribution is 2.18. The van der Waals surface area contributed by atoms with E-state index in [1.807, 2.05) is 12.4 Å². The summed E-state index contributed by atoms with van der Waals surface area (Å²) in [6, 6.07) is 0. The summed E-state index contributed by atoms with van der Waals surface area (Å²) in [4.78, 5) is 18.7. The van der Waals surface area contributed by atoms with Crippen molar-refractivity contribution in [3.05, 3.63) is 18.2 Å². The second kappa shape index (κ2) is 7.40. The predicted molar refractivity (Wildman–Crippen MR) is 78.0 cm³/mol. The number of carbonyl (C=O) groups is 1. The number of hydrogen-bond donors (Lipinski definition) is 2. The highest BCUT2D eigenvalue weighted by atomic mass is 16.1. The van der Waals surface area contributed by atoms with Crippen molar-refractivity contribution in [3.63, 3.8) is 0 Å². The van der Waals surface area contributed by atoms with E-state index in [4.69, 9.17) is 5.73 Å². The zero-order valence-corrected chi connectivity index (χ0v) is 12.2. The van der Waals surface area contributed by atoms with Gasteiger partial charge in [-0.15, -0.1) is 0 Å². The molecule has 1 saturated heterocycles. The third-order valence-corrected chi connectivity index (χ3v) is 3.83. The van der Waals surface area contributed by atoms with Crippen molar-refractivity contribution >= 4 is 5.91 Å². The van der Waals surface area contributed by atoms with Gasteiger partial charge >= 0.3 is 0 Å². The van der Waals surface area contributed by atoms with Gasteiger partial charge in [0.2, 0.25) is 5.91 Å². The Morgan fingerprint density at radius 1 is 1.60 bits per heavy atom. The van der Waals surface area contributed by atoms with E-state index in [1.54, 1.807) is 0 Å². The Bertz CT molecular complexity index is 431. The van der Waals surface area contributed by atoms with Gasteiger partial charge in [-0.25, -0.2) is 4.98 Å². The van der Waals surface area contributed by atoms with Gasteiger partial charge in [-0.05, 0) is 26.3 Å². The van der Waals surface area contributed by atoms with E-state index in [9.17, 15) is 4.79 Å². The van der Waals surface area contributed by atoms with Crippen molar-refractivity contribution in [2.75, 3.05) is 26.2 Å². The number of piperidine rings is 1. The second-order valence-corrected chi connectivity index (χ2v) is 5.28. The van der Waals surface area contributed by atoms with Gasteiger partial charge in [0.05, 0.1) is 12.5 Å². The summed E-state index contributed by atoms with van der Waals surface area (Å²) in [6.07, 6.45) is 5.88. The molecule has 1 aromatic rings. The van der Waals surface area contributed by atoms with E-state index in [1.165, 1.54) is 0 Å². The number of imidazole rings is 1. The SMILES string of the molecule is CCn1ccnc1CN1CCCC(C(=O)NCCN)C1. The number of nitrogens with two attached hydrogens (primary N) is 1. The number of aryl methyl sites for hydroxylation is 1. The largest absolute Gasteiger partial charge is 0.355 e. The first-order valence-electron chi connectivity index (χ1n) is 7.44. The van der Waals surface area contributed by atoms with Crippen LogP contribution in [-0.4, -0.2) is 46.5 Å². The van der Waals surface area contributed by atoms with Gasteiger partial charge in [-0.3, -0.25) is 9.69 Å². The lowest BCUT2D eigenvalue weighted by Gasteiger charge is -2.31. The molecule has 1 aliphatic heterocycles. The molecule has 0 bridgehead atoms. The van der Waals surface area contributed by atoms with Crippen LogP contribution in [0.4, 0.5) is 0 Å². The fourth-order valence-corrected chi connectivity index (χ4v) is 2.73. The van der Waals surface area contributed by atoms with Crippen LogP contribution < -0.4 is 11.1 Å². The van der Waals surface area contributed by atoms with E-state index < -0.39 is 0 Å². The molecule has 6 nitrogen and oxygen atoms in total. The van der Waals surface area contributed by atoms with Crippen molar-refractivity contribution < 1.29 is 4.79 Å². The molecule has 0 radical (unpaired) electrons. The molecule has 1 atom stereocenters. The predicted octanol–water partition coefficient (Wildman–Crippen LogP) is 0.190. The van der Waals surface area contributed by atoms with Crippen molar-refractivity contribution in [2.24, 2.45) is 11.7 Å². The normalized spacial score (nSPS) is 20.0. The van der Waals surface area contributed by atoms with Crippen LogP contribution >= 0.6 is 0 Å². The Balaban J connectivity index is 1.88. The van der Waals surface area contributed by atoms with E-state index in [0.717, 1.165) is 44.8 Å². The molecule has 2 heterocycles. The molecule has 2 rings (SSSR count). The average molecular weight is 279 g/mol. The van der Waals surface area contributed by atoms with Crippen LogP contribution in [0.3, 0.4) is 0 Å². The van der Waals surface area contributed by atoms with Gasteiger partial charge in [-0.2, -0.15) is 0 Å². The van der Waals surface area contributed by atoms with E-state index in [2.05, 4.69) is 26.7 Å². The minimum absolute atomic E-state index is 0.0836. The number of aromatic nitrogens is 2. The molecule has 1 amide bonds. The third kappa shape index (κ3) is 3.80. The average Bonchev–Trinajstić information content (AvgIpc) is 2.92. The van der Waals surface area contributed by atoms with Crippen LogP contribution in [-0.2, 0) is 17.9 Å². The number of nitrogens with one attached hydrogen (secondary N) is 1. The number of amides is 1. The minimum atomic E-state index is 0.0836. The zero-order chi connectivity index (χ0) is 14.4. The summed E-state index contributed by atoms with van der Waals surface area (Å²) in [5, 5.41) is 2.89. The first kappa shape index (κ1) is 15.0. The summed E-state index contributed by atoms with van der Waals surface area (Å²) < 4.78 is 2.15. The monoisotopic (exact) mass is 279 g/mol. The van der Waals surface area contributed by atoms with Gasteiger partial charge in [0.1, 0.15) is 5.82 Å². The van der Waals surface area contributed by atoms with Gasteiger partial charge in [0, 0.05) is 38.6 Å². The molecule has 1 unspecified atom stereocenters. The molecule has 0 aliphatic carbocycles. The quantitative estimate of drug-likeness (QED) is 0.779. The number of likely N-dealkylation sites (tertiary alicyclic amines) is 1. The molecule has 1 aromatic heterocycles. The zero-order valence-electron chi connectivity index (χ0n) is 12.2. The summed E-state index contributed by atoms with van der Waals surface area (Å²) >= 11 is 0. The van der Waals surface area contributed by atoms with Crippen LogP contribution in [0.15, 0.2) is 12.4 Å². The Morgan fingerprint density at radius 3 is 3.20 bits per heavy atom. The van der Waals surface area contributed by atoms with Gasteiger partial charge < -0.3 is 15.6 Å². The Kier molecular flexibility index (Phi) is 5.55. The maximum Gasteiger partial charge on any atom is 0.224 e. The minimum Gasteiger partial charge on any atom is -0.355 e. The summed E-state index contributed by atoms with van der Waals surface area (Å²) in [7, 11) is 0. The molecule has 20 heavy (non-hydrogen) atoms. The van der Waals surface area contributed by atoms with Crippen LogP contribution in [0.1, 0.15) is 25.6 Å². The van der Waals surface area contributed by atoms with Crippen molar-refractivity contribution in [1.82, 2.24) is 19.8 Å². The molecule has 1 fully saturated rings. The van der Waals surface area contributed by atoms with Crippen molar-refractivity contribution in [3.8, 4) is 0 Å². The molecule has 0 spiro atoms. The molecule has 6 heteroatoms. The van der Waals surface area contributed by atoms with E-state index in [-0.39, 0.29) is 11.8 Å². The van der Waals surface area contributed by atoms with Crippen molar-refractivity contribution in [1.29, 1.82) is 0 Å². The maximum atomic E-state index is 12.0. The number of carbonyl (C=O) groups excluding carboxylic acids is 1. The second-order valence-electron chi connectivity index (χ2n) is 5.28. The molecule has 3 N–H and O–H groups in total. The number of hydrogen-bond acceptors (Lipinski definition) is 4. The molecule has 1 aliphatic rings. The maximum absolute atomic E-state index is 12.0.